The van der Waals surface area contributed by atoms with Gasteiger partial charge in [-0.2, -0.15) is 0 Å². The summed E-state index contributed by atoms with van der Waals surface area (Å²) in [6.45, 7) is 7.47. The number of hydrogen-bond acceptors (Lipinski definition) is 4. The van der Waals surface area contributed by atoms with E-state index in [9.17, 15) is 9.59 Å². The normalized spacial score (nSPS) is 13.0. The Morgan fingerprint density at radius 1 is 0.818 bits per heavy atom. The van der Waals surface area contributed by atoms with Gasteiger partial charge in [-0.05, 0) is 24.3 Å². The lowest BCUT2D eigenvalue weighted by Crippen LogP contribution is -2.16. The zero-order valence-electron chi connectivity index (χ0n) is 13.1. The monoisotopic (exact) mass is 312 g/mol. The molecule has 0 atom stereocenters. The van der Waals surface area contributed by atoms with Crippen molar-refractivity contribution in [3.8, 4) is 0 Å². The van der Waals surface area contributed by atoms with Crippen molar-refractivity contribution >= 4 is 11.9 Å². The molecule has 0 bridgehead atoms. The minimum absolute atomic E-state index is 0.0833. The van der Waals surface area contributed by atoms with Crippen molar-refractivity contribution in [2.24, 2.45) is 0 Å². The van der Waals surface area contributed by atoms with Crippen LogP contribution in [0.4, 0.5) is 0 Å². The van der Waals surface area contributed by atoms with Crippen LogP contribution in [0, 0.1) is 0 Å². The second kappa shape index (κ2) is 12.8. The highest BCUT2D eigenvalue weighted by Gasteiger charge is 2.04. The first kappa shape index (κ1) is 20.1. The quantitative estimate of drug-likeness (QED) is 0.891. The van der Waals surface area contributed by atoms with Crippen molar-refractivity contribution in [2.45, 2.75) is 26.7 Å². The summed E-state index contributed by atoms with van der Waals surface area (Å²) in [6, 6.07) is 5.02. The lowest BCUT2D eigenvalue weighted by molar-refractivity contribution is -0.0334. The van der Waals surface area contributed by atoms with E-state index in [-0.39, 0.29) is 11.1 Å². The summed E-state index contributed by atoms with van der Waals surface area (Å²) < 4.78 is 9.89. The number of unbranched alkanes of at least 4 members (excludes halogenated alkanes) is 1. The van der Waals surface area contributed by atoms with Crippen molar-refractivity contribution in [3.63, 3.8) is 0 Å². The van der Waals surface area contributed by atoms with Gasteiger partial charge in [0, 0.05) is 0 Å². The highest BCUT2D eigenvalue weighted by molar-refractivity contribution is 5.91. The Balaban J connectivity index is 0.000000366. The summed E-state index contributed by atoms with van der Waals surface area (Å²) >= 11 is 0. The minimum atomic E-state index is -1.06. The molecule has 1 aliphatic heterocycles. The van der Waals surface area contributed by atoms with Gasteiger partial charge >= 0.3 is 11.9 Å². The molecule has 2 N–H and O–H groups in total. The average Bonchev–Trinajstić information content (AvgIpc) is 2.57. The number of carbonyl (C=O) groups is 2. The number of hydrogen-bond donors (Lipinski definition) is 2. The molecule has 0 radical (unpaired) electrons. The molecule has 6 nitrogen and oxygen atoms in total. The van der Waals surface area contributed by atoms with Crippen LogP contribution in [0.15, 0.2) is 24.3 Å². The molecular formula is C16H24O6. The summed E-state index contributed by atoms with van der Waals surface area (Å²) in [4.78, 5) is 20.7. The van der Waals surface area contributed by atoms with Gasteiger partial charge in [-0.15, -0.1) is 0 Å². The summed E-state index contributed by atoms with van der Waals surface area (Å²) in [5, 5.41) is 16.9. The molecule has 0 spiro atoms. The number of benzene rings is 1. The Kier molecular flexibility index (Phi) is 11.7. The van der Waals surface area contributed by atoms with Crippen LogP contribution in [0.25, 0.3) is 0 Å². The second-order valence-corrected chi connectivity index (χ2v) is 4.41. The first-order chi connectivity index (χ1) is 10.5. The summed E-state index contributed by atoms with van der Waals surface area (Å²) in [7, 11) is 0. The topological polar surface area (TPSA) is 93.1 Å². The van der Waals surface area contributed by atoms with E-state index < -0.39 is 11.9 Å². The predicted molar refractivity (Wildman–Crippen MR) is 82.6 cm³/mol. The molecule has 0 aromatic heterocycles. The average molecular weight is 312 g/mol. The molecule has 1 fully saturated rings. The van der Waals surface area contributed by atoms with Crippen molar-refractivity contribution in [3.05, 3.63) is 35.4 Å². The van der Waals surface area contributed by atoms with Crippen LogP contribution < -0.4 is 0 Å². The van der Waals surface area contributed by atoms with E-state index in [1.54, 1.807) is 0 Å². The molecule has 0 unspecified atom stereocenters. The fraction of sp³-hybridized carbons (Fsp3) is 0.500. The van der Waals surface area contributed by atoms with E-state index in [2.05, 4.69) is 13.8 Å². The lowest BCUT2D eigenvalue weighted by Gasteiger charge is -2.09. The maximum atomic E-state index is 10.3. The van der Waals surface area contributed by atoms with Crippen molar-refractivity contribution < 1.29 is 29.3 Å². The van der Waals surface area contributed by atoms with Crippen LogP contribution in [0.3, 0.4) is 0 Å². The molecular weight excluding hydrogens is 288 g/mol. The first-order valence-corrected chi connectivity index (χ1v) is 7.25. The molecule has 1 saturated heterocycles. The van der Waals surface area contributed by atoms with E-state index in [0.29, 0.717) is 0 Å². The van der Waals surface area contributed by atoms with Gasteiger partial charge in [0.05, 0.1) is 37.6 Å². The third kappa shape index (κ3) is 9.90. The van der Waals surface area contributed by atoms with Crippen molar-refractivity contribution in [1.82, 2.24) is 0 Å². The molecule has 124 valence electrons. The number of carboxylic acid groups (broad SMARTS) is 2. The largest absolute Gasteiger partial charge is 0.478 e. The van der Waals surface area contributed by atoms with Crippen LogP contribution in [-0.2, 0) is 9.47 Å². The van der Waals surface area contributed by atoms with Gasteiger partial charge < -0.3 is 19.7 Å². The molecule has 0 amide bonds. The Bertz CT molecular complexity index is 376. The van der Waals surface area contributed by atoms with E-state index in [4.69, 9.17) is 19.7 Å². The lowest BCUT2D eigenvalue weighted by atomic mass is 10.1. The predicted octanol–water partition coefficient (Wildman–Crippen LogP) is 2.92. The maximum absolute atomic E-state index is 10.3. The number of aromatic carboxylic acids is 2. The minimum Gasteiger partial charge on any atom is -0.478 e. The van der Waals surface area contributed by atoms with Crippen LogP contribution in [0.5, 0.6) is 0 Å². The van der Waals surface area contributed by atoms with Crippen LogP contribution in [0.2, 0.25) is 0 Å². The van der Waals surface area contributed by atoms with Crippen molar-refractivity contribution in [1.29, 1.82) is 0 Å². The maximum Gasteiger partial charge on any atom is 0.335 e. The van der Waals surface area contributed by atoms with Gasteiger partial charge in [0.2, 0.25) is 0 Å². The standard InChI is InChI=1S/C8H6O4.C4H8O2.C4H10/c9-7(10)5-1-2-6(4-3-5)8(11)12;1-2-6-4-3-5-1;1-3-4-2/h1-4H,(H,9,10)(H,11,12);1-4H2;3-4H2,1-2H3. The Morgan fingerprint density at radius 3 is 1.23 bits per heavy atom. The third-order valence-electron chi connectivity index (χ3n) is 2.62. The van der Waals surface area contributed by atoms with Gasteiger partial charge in [-0.1, -0.05) is 26.7 Å². The number of rotatable bonds is 3. The smallest absolute Gasteiger partial charge is 0.335 e. The molecule has 1 aliphatic rings. The van der Waals surface area contributed by atoms with E-state index >= 15 is 0 Å². The first-order valence-electron chi connectivity index (χ1n) is 7.25. The molecule has 1 aromatic rings. The van der Waals surface area contributed by atoms with Gasteiger partial charge in [-0.3, -0.25) is 0 Å². The highest BCUT2D eigenvalue weighted by Crippen LogP contribution is 2.03. The molecule has 1 heterocycles. The molecule has 1 aromatic carbocycles. The highest BCUT2D eigenvalue weighted by atomic mass is 16.6. The fourth-order valence-electron chi connectivity index (χ4n) is 1.20. The van der Waals surface area contributed by atoms with E-state index in [1.807, 2.05) is 0 Å². The fourth-order valence-corrected chi connectivity index (χ4v) is 1.20. The molecule has 2 rings (SSSR count). The molecule has 6 heteroatoms. The van der Waals surface area contributed by atoms with Gasteiger partial charge in [0.25, 0.3) is 0 Å². The Hall–Kier alpha value is -1.92. The second-order valence-electron chi connectivity index (χ2n) is 4.41. The van der Waals surface area contributed by atoms with Crippen LogP contribution in [-0.4, -0.2) is 48.6 Å². The Morgan fingerprint density at radius 2 is 1.09 bits per heavy atom. The summed E-state index contributed by atoms with van der Waals surface area (Å²) in [6.07, 6.45) is 2.64. The third-order valence-corrected chi connectivity index (χ3v) is 2.62. The van der Waals surface area contributed by atoms with Crippen molar-refractivity contribution in [2.75, 3.05) is 26.4 Å². The summed E-state index contributed by atoms with van der Waals surface area (Å²) in [5.41, 5.74) is 0.167. The molecule has 0 aliphatic carbocycles. The zero-order valence-corrected chi connectivity index (χ0v) is 13.1. The number of carboxylic acids is 2. The van der Waals surface area contributed by atoms with Crippen LogP contribution in [0.1, 0.15) is 47.4 Å². The molecule has 0 saturated carbocycles. The number of ether oxygens (including phenoxy) is 2. The van der Waals surface area contributed by atoms with Gasteiger partial charge in [-0.25, -0.2) is 9.59 Å². The Labute approximate surface area is 130 Å². The van der Waals surface area contributed by atoms with E-state index in [1.165, 1.54) is 37.1 Å². The van der Waals surface area contributed by atoms with E-state index in [0.717, 1.165) is 26.4 Å². The van der Waals surface area contributed by atoms with Gasteiger partial charge in [0.1, 0.15) is 0 Å². The molecule has 22 heavy (non-hydrogen) atoms. The zero-order chi connectivity index (χ0) is 16.8. The van der Waals surface area contributed by atoms with Crippen LogP contribution >= 0.6 is 0 Å². The SMILES string of the molecule is C1COCCO1.CCCC.O=C(O)c1ccc(C(=O)O)cc1. The summed E-state index contributed by atoms with van der Waals surface area (Å²) in [5.74, 6) is -2.13. The van der Waals surface area contributed by atoms with Gasteiger partial charge in [0.15, 0.2) is 0 Å².